The lowest BCUT2D eigenvalue weighted by Crippen LogP contribution is -2.34. The molecule has 2 amide bonds. The third kappa shape index (κ3) is 3.82. The van der Waals surface area contributed by atoms with Gasteiger partial charge in [-0.25, -0.2) is 4.79 Å². The molecule has 122 valence electrons. The largest absolute Gasteiger partial charge is 0.469 e. The molecule has 0 radical (unpaired) electrons. The molecule has 2 N–H and O–H groups in total. The van der Waals surface area contributed by atoms with E-state index in [-0.39, 0.29) is 12.1 Å². The lowest BCUT2D eigenvalue weighted by molar-refractivity contribution is 0.246. The fourth-order valence-electron chi connectivity index (χ4n) is 2.94. The highest BCUT2D eigenvalue weighted by molar-refractivity contribution is 7.83. The Morgan fingerprint density at radius 2 is 2.17 bits per heavy atom. The summed E-state index contributed by atoms with van der Waals surface area (Å²) in [5.74, 6) is 1.38. The number of hydrogen-bond donors (Lipinski definition) is 2. The first-order chi connectivity index (χ1) is 11.1. The number of furan rings is 1. The standard InChI is InChI=1S/C17H20N2O3S/c1-23(21)11-12-5-2-3-6-14(12)18-17(20)19-15-7-4-8-16-13(15)9-10-22-16/h2-3,5-6,9-10,15H,4,7-8,11H2,1H3,(H2,18,19,20)/t15-,23-/m1/s1. The quantitative estimate of drug-likeness (QED) is 0.902. The van der Waals surface area contributed by atoms with E-state index in [0.717, 1.165) is 36.1 Å². The molecule has 1 aromatic heterocycles. The summed E-state index contributed by atoms with van der Waals surface area (Å²) in [6, 6.07) is 9.09. The van der Waals surface area contributed by atoms with Gasteiger partial charge >= 0.3 is 6.03 Å². The first-order valence-electron chi connectivity index (χ1n) is 7.65. The van der Waals surface area contributed by atoms with Crippen LogP contribution in [0.1, 0.15) is 35.8 Å². The van der Waals surface area contributed by atoms with Crippen molar-refractivity contribution in [1.29, 1.82) is 0 Å². The van der Waals surface area contributed by atoms with Crippen LogP contribution in [0.5, 0.6) is 0 Å². The van der Waals surface area contributed by atoms with Crippen molar-refractivity contribution >= 4 is 22.5 Å². The summed E-state index contributed by atoms with van der Waals surface area (Å²) in [7, 11) is -0.956. The van der Waals surface area contributed by atoms with E-state index < -0.39 is 10.8 Å². The fraction of sp³-hybridized carbons (Fsp3) is 0.353. The zero-order valence-corrected chi connectivity index (χ0v) is 13.8. The van der Waals surface area contributed by atoms with Gasteiger partial charge in [0, 0.05) is 34.7 Å². The summed E-state index contributed by atoms with van der Waals surface area (Å²) in [5, 5.41) is 5.88. The molecule has 0 saturated heterocycles. The average Bonchev–Trinajstić information content (AvgIpc) is 2.98. The van der Waals surface area contributed by atoms with Crippen LogP contribution in [0, 0.1) is 0 Å². The van der Waals surface area contributed by atoms with Crippen molar-refractivity contribution in [3.05, 3.63) is 53.5 Å². The Labute approximate surface area is 137 Å². The second-order valence-corrected chi connectivity index (χ2v) is 7.15. The van der Waals surface area contributed by atoms with Crippen molar-refractivity contribution in [2.75, 3.05) is 11.6 Å². The average molecular weight is 332 g/mol. The van der Waals surface area contributed by atoms with E-state index in [0.29, 0.717) is 11.4 Å². The van der Waals surface area contributed by atoms with Crippen molar-refractivity contribution in [2.24, 2.45) is 0 Å². The van der Waals surface area contributed by atoms with Crippen LogP contribution in [0.2, 0.25) is 0 Å². The molecule has 0 fully saturated rings. The van der Waals surface area contributed by atoms with Gasteiger partial charge in [-0.3, -0.25) is 4.21 Å². The van der Waals surface area contributed by atoms with E-state index in [1.54, 1.807) is 12.5 Å². The molecule has 1 aromatic carbocycles. The number of nitrogens with one attached hydrogen (secondary N) is 2. The van der Waals surface area contributed by atoms with Crippen molar-refractivity contribution in [3.63, 3.8) is 0 Å². The van der Waals surface area contributed by atoms with Gasteiger partial charge < -0.3 is 15.1 Å². The number of carbonyl (C=O) groups excluding carboxylic acids is 1. The van der Waals surface area contributed by atoms with Crippen LogP contribution in [-0.4, -0.2) is 16.5 Å². The predicted molar refractivity (Wildman–Crippen MR) is 90.8 cm³/mol. The van der Waals surface area contributed by atoms with Crippen molar-refractivity contribution in [3.8, 4) is 0 Å². The van der Waals surface area contributed by atoms with Crippen LogP contribution in [0.4, 0.5) is 10.5 Å². The second kappa shape index (κ2) is 7.00. The molecule has 23 heavy (non-hydrogen) atoms. The van der Waals surface area contributed by atoms with Gasteiger partial charge in [0.05, 0.1) is 18.1 Å². The number of aryl methyl sites for hydroxylation is 1. The topological polar surface area (TPSA) is 71.3 Å². The third-order valence-electron chi connectivity index (χ3n) is 3.98. The number of anilines is 1. The van der Waals surface area contributed by atoms with Crippen LogP contribution >= 0.6 is 0 Å². The summed E-state index contributed by atoms with van der Waals surface area (Å²) < 4.78 is 16.9. The van der Waals surface area contributed by atoms with Gasteiger partial charge in [-0.15, -0.1) is 0 Å². The highest BCUT2D eigenvalue weighted by Gasteiger charge is 2.24. The van der Waals surface area contributed by atoms with Gasteiger partial charge in [0.15, 0.2) is 0 Å². The van der Waals surface area contributed by atoms with Gasteiger partial charge in [-0.05, 0) is 30.5 Å². The molecule has 0 saturated carbocycles. The number of para-hydroxylation sites is 1. The maximum atomic E-state index is 12.3. The minimum atomic E-state index is -0.956. The van der Waals surface area contributed by atoms with Crippen LogP contribution in [-0.2, 0) is 23.0 Å². The molecule has 0 aliphatic heterocycles. The van der Waals surface area contributed by atoms with Gasteiger partial charge in [0.2, 0.25) is 0 Å². The minimum Gasteiger partial charge on any atom is -0.469 e. The van der Waals surface area contributed by atoms with E-state index in [2.05, 4.69) is 10.6 Å². The molecule has 6 heteroatoms. The summed E-state index contributed by atoms with van der Waals surface area (Å²) in [6.07, 6.45) is 6.15. The number of carbonyl (C=O) groups is 1. The molecule has 2 atom stereocenters. The van der Waals surface area contributed by atoms with E-state index >= 15 is 0 Å². The molecule has 3 rings (SSSR count). The maximum absolute atomic E-state index is 12.3. The molecule has 5 nitrogen and oxygen atoms in total. The summed E-state index contributed by atoms with van der Waals surface area (Å²) in [4.78, 5) is 12.3. The minimum absolute atomic E-state index is 0.0232. The molecular formula is C17H20N2O3S. The zero-order valence-electron chi connectivity index (χ0n) is 13.0. The van der Waals surface area contributed by atoms with Gasteiger partial charge in [-0.1, -0.05) is 18.2 Å². The Hall–Kier alpha value is -2.08. The first-order valence-corrected chi connectivity index (χ1v) is 9.38. The summed E-state index contributed by atoms with van der Waals surface area (Å²) in [5.41, 5.74) is 2.63. The van der Waals surface area contributed by atoms with E-state index in [1.807, 2.05) is 30.3 Å². The Bertz CT molecular complexity index is 726. The van der Waals surface area contributed by atoms with Crippen molar-refractivity contribution in [1.82, 2.24) is 5.32 Å². The fourth-order valence-corrected chi connectivity index (χ4v) is 3.63. The van der Waals surface area contributed by atoms with Crippen LogP contribution < -0.4 is 10.6 Å². The van der Waals surface area contributed by atoms with Crippen molar-refractivity contribution < 1.29 is 13.4 Å². The van der Waals surface area contributed by atoms with Crippen molar-refractivity contribution in [2.45, 2.75) is 31.1 Å². The molecule has 1 aliphatic carbocycles. The Balaban J connectivity index is 1.68. The number of benzene rings is 1. The number of fused-ring (bicyclic) bond motifs is 1. The number of rotatable bonds is 4. The lowest BCUT2D eigenvalue weighted by Gasteiger charge is -2.23. The molecule has 0 unspecified atom stereocenters. The monoisotopic (exact) mass is 332 g/mol. The number of urea groups is 1. The van der Waals surface area contributed by atoms with E-state index in [9.17, 15) is 9.00 Å². The maximum Gasteiger partial charge on any atom is 0.319 e. The van der Waals surface area contributed by atoms with Crippen LogP contribution in [0.3, 0.4) is 0 Å². The Morgan fingerprint density at radius 1 is 1.35 bits per heavy atom. The SMILES string of the molecule is C[S@@](=O)Cc1ccccc1NC(=O)N[C@@H]1CCCc2occc21. The van der Waals surface area contributed by atoms with E-state index in [4.69, 9.17) is 4.42 Å². The highest BCUT2D eigenvalue weighted by atomic mass is 32.2. The molecule has 0 spiro atoms. The molecular weight excluding hydrogens is 312 g/mol. The Morgan fingerprint density at radius 3 is 3.00 bits per heavy atom. The summed E-state index contributed by atoms with van der Waals surface area (Å²) in [6.45, 7) is 0. The molecule has 1 aliphatic rings. The molecule has 2 aromatic rings. The highest BCUT2D eigenvalue weighted by Crippen LogP contribution is 2.30. The van der Waals surface area contributed by atoms with Gasteiger partial charge in [0.1, 0.15) is 5.76 Å². The predicted octanol–water partition coefficient (Wildman–Crippen LogP) is 3.36. The smallest absolute Gasteiger partial charge is 0.319 e. The van der Waals surface area contributed by atoms with Crippen LogP contribution in [0.25, 0.3) is 0 Å². The lowest BCUT2D eigenvalue weighted by atomic mass is 9.93. The number of hydrogen-bond acceptors (Lipinski definition) is 3. The first kappa shape index (κ1) is 15.8. The van der Waals surface area contributed by atoms with Gasteiger partial charge in [0.25, 0.3) is 0 Å². The summed E-state index contributed by atoms with van der Waals surface area (Å²) >= 11 is 0. The van der Waals surface area contributed by atoms with E-state index in [1.165, 1.54) is 0 Å². The normalized spacial score (nSPS) is 18.0. The molecule has 0 bridgehead atoms. The molecule has 1 heterocycles. The third-order valence-corrected chi connectivity index (χ3v) is 4.70. The zero-order chi connectivity index (χ0) is 16.2. The van der Waals surface area contributed by atoms with Crippen LogP contribution in [0.15, 0.2) is 41.0 Å². The van der Waals surface area contributed by atoms with Gasteiger partial charge in [-0.2, -0.15) is 0 Å². The second-order valence-electron chi connectivity index (χ2n) is 5.72. The number of amides is 2. The Kier molecular flexibility index (Phi) is 4.81.